The minimum Gasteiger partial charge on any atom is -0.490 e. The van der Waals surface area contributed by atoms with E-state index in [0.717, 1.165) is 67.1 Å². The molecule has 0 radical (unpaired) electrons. The molecule has 202 valence electrons. The summed E-state index contributed by atoms with van der Waals surface area (Å²) in [5.41, 5.74) is 3.70. The number of fused-ring (bicyclic) bond motifs is 1. The first kappa shape index (κ1) is 25.0. The number of H-pyrrole nitrogens is 1. The van der Waals surface area contributed by atoms with Crippen LogP contribution in [0.2, 0.25) is 0 Å². The van der Waals surface area contributed by atoms with Crippen LogP contribution >= 0.6 is 0 Å². The lowest BCUT2D eigenvalue weighted by Crippen LogP contribution is -2.33. The van der Waals surface area contributed by atoms with E-state index in [-0.39, 0.29) is 18.1 Å². The summed E-state index contributed by atoms with van der Waals surface area (Å²) in [7, 11) is 0. The lowest BCUT2D eigenvalue weighted by Gasteiger charge is -2.30. The van der Waals surface area contributed by atoms with Crippen LogP contribution in [0.25, 0.3) is 16.8 Å². The van der Waals surface area contributed by atoms with Crippen molar-refractivity contribution in [2.24, 2.45) is 0 Å². The van der Waals surface area contributed by atoms with E-state index >= 15 is 0 Å². The molecule has 1 saturated heterocycles. The Morgan fingerprint density at radius 2 is 1.92 bits per heavy atom. The largest absolute Gasteiger partial charge is 0.490 e. The Hall–Kier alpha value is -4.34. The maximum atomic E-state index is 11.5. The minimum atomic E-state index is -0.230. The van der Waals surface area contributed by atoms with Crippen LogP contribution in [0.1, 0.15) is 44.9 Å². The van der Waals surface area contributed by atoms with Crippen LogP contribution in [0, 0.1) is 0 Å². The van der Waals surface area contributed by atoms with Gasteiger partial charge in [-0.3, -0.25) is 9.89 Å². The van der Waals surface area contributed by atoms with Crippen LogP contribution in [-0.2, 0) is 4.79 Å². The van der Waals surface area contributed by atoms with Crippen LogP contribution < -0.4 is 20.3 Å². The van der Waals surface area contributed by atoms with E-state index in [1.807, 2.05) is 47.2 Å². The summed E-state index contributed by atoms with van der Waals surface area (Å²) in [6, 6.07) is 11.8. The van der Waals surface area contributed by atoms with Crippen LogP contribution in [0.5, 0.6) is 5.75 Å². The lowest BCUT2D eigenvalue weighted by atomic mass is 9.93. The minimum absolute atomic E-state index is 0.0958. The van der Waals surface area contributed by atoms with E-state index in [9.17, 15) is 4.79 Å². The Labute approximate surface area is 227 Å². The number of hydrogen-bond acceptors (Lipinski definition) is 7. The maximum Gasteiger partial charge on any atom is 0.247 e. The molecule has 2 atom stereocenters. The van der Waals surface area contributed by atoms with Gasteiger partial charge in [0.2, 0.25) is 11.9 Å². The van der Waals surface area contributed by atoms with Crippen LogP contribution in [-0.4, -0.2) is 55.9 Å². The van der Waals surface area contributed by atoms with Gasteiger partial charge in [0.1, 0.15) is 17.7 Å². The molecule has 39 heavy (non-hydrogen) atoms. The van der Waals surface area contributed by atoms with Crippen LogP contribution in [0.4, 0.5) is 17.5 Å². The van der Waals surface area contributed by atoms with Gasteiger partial charge >= 0.3 is 0 Å². The van der Waals surface area contributed by atoms with E-state index in [4.69, 9.17) is 14.8 Å². The summed E-state index contributed by atoms with van der Waals surface area (Å²) in [4.78, 5) is 18.8. The number of nitrogens with zero attached hydrogens (tertiary/aromatic N) is 5. The summed E-state index contributed by atoms with van der Waals surface area (Å²) in [5, 5.41) is 18.4. The van der Waals surface area contributed by atoms with Crippen LogP contribution in [0.3, 0.4) is 0 Å². The van der Waals surface area contributed by atoms with Crippen molar-refractivity contribution in [2.75, 3.05) is 28.6 Å². The average molecular weight is 527 g/mol. The Balaban J connectivity index is 1.17. The number of carbonyl (C=O) groups excluding carboxylic acids is 1. The third kappa shape index (κ3) is 5.59. The quantitative estimate of drug-likeness (QED) is 0.276. The highest BCUT2D eigenvalue weighted by molar-refractivity contribution is 5.98. The molecule has 0 spiro atoms. The number of benzene rings is 1. The van der Waals surface area contributed by atoms with Gasteiger partial charge in [-0.2, -0.15) is 14.6 Å². The molecule has 1 amide bonds. The smallest absolute Gasteiger partial charge is 0.247 e. The van der Waals surface area contributed by atoms with E-state index in [1.165, 1.54) is 25.3 Å². The summed E-state index contributed by atoms with van der Waals surface area (Å²) in [6.07, 6.45) is 12.7. The second-order valence-electron chi connectivity index (χ2n) is 10.3. The molecule has 2 fully saturated rings. The van der Waals surface area contributed by atoms with Gasteiger partial charge in [0.05, 0.1) is 6.20 Å². The molecular weight excluding hydrogens is 492 g/mol. The topological polar surface area (TPSA) is 112 Å². The molecule has 0 bridgehead atoms. The molecule has 3 aromatic heterocycles. The first-order valence-corrected chi connectivity index (χ1v) is 13.8. The Morgan fingerprint density at radius 1 is 1.08 bits per heavy atom. The van der Waals surface area contributed by atoms with Gasteiger partial charge in [-0.05, 0) is 81.0 Å². The SMILES string of the molecule is C=CC(=O)Nc1ccc(O[C@H]2CCCC(Nc3nc4ccc(-c5cn[nH]c5)c(N5CCCCC5)n4n3)C2)cc1. The fourth-order valence-corrected chi connectivity index (χ4v) is 5.60. The number of ether oxygens (including phenoxy) is 1. The van der Waals surface area contributed by atoms with Crippen molar-refractivity contribution in [3.63, 3.8) is 0 Å². The number of rotatable bonds is 8. The summed E-state index contributed by atoms with van der Waals surface area (Å²) in [5.74, 6) is 2.28. The Morgan fingerprint density at radius 3 is 2.69 bits per heavy atom. The van der Waals surface area contributed by atoms with Crippen molar-refractivity contribution in [1.29, 1.82) is 0 Å². The average Bonchev–Trinajstić information content (AvgIpc) is 3.64. The number of carbonyl (C=O) groups is 1. The molecule has 2 aliphatic rings. The van der Waals surface area contributed by atoms with E-state index in [0.29, 0.717) is 11.6 Å². The normalized spacial score (nSPS) is 19.5. The number of nitrogens with one attached hydrogen (secondary N) is 3. The molecule has 1 saturated carbocycles. The van der Waals surface area contributed by atoms with E-state index in [1.54, 1.807) is 0 Å². The standard InChI is InChI=1S/C29H34N8O2/c1-2-27(38)32-21-9-11-23(12-10-21)39-24-8-6-7-22(17-24)33-29-34-26-14-13-25(20-18-30-31-19-20)28(37(26)35-29)36-15-4-3-5-16-36/h2,9-14,18-19,22,24H,1,3-8,15-17H2,(H,30,31)(H,32,38)(H,33,35)/t22?,24-/m0/s1. The highest BCUT2D eigenvalue weighted by Gasteiger charge is 2.26. The number of amides is 1. The Kier molecular flexibility index (Phi) is 7.16. The summed E-state index contributed by atoms with van der Waals surface area (Å²) < 4.78 is 8.28. The molecule has 1 aromatic carbocycles. The van der Waals surface area contributed by atoms with Crippen molar-refractivity contribution >= 4 is 29.0 Å². The maximum absolute atomic E-state index is 11.5. The molecule has 3 N–H and O–H groups in total. The molecule has 1 unspecified atom stereocenters. The monoisotopic (exact) mass is 526 g/mol. The number of hydrogen-bond donors (Lipinski definition) is 3. The number of aromatic amines is 1. The van der Waals surface area contributed by atoms with Crippen molar-refractivity contribution in [1.82, 2.24) is 24.8 Å². The van der Waals surface area contributed by atoms with Gasteiger partial charge in [-0.15, -0.1) is 5.10 Å². The van der Waals surface area contributed by atoms with Crippen molar-refractivity contribution in [2.45, 2.75) is 57.1 Å². The second kappa shape index (κ2) is 11.2. The van der Waals surface area contributed by atoms with Crippen LogP contribution in [0.15, 0.2) is 61.4 Å². The van der Waals surface area contributed by atoms with Crippen molar-refractivity contribution < 1.29 is 9.53 Å². The van der Waals surface area contributed by atoms with E-state index < -0.39 is 0 Å². The second-order valence-corrected chi connectivity index (χ2v) is 10.3. The first-order chi connectivity index (χ1) is 19.2. The lowest BCUT2D eigenvalue weighted by molar-refractivity contribution is -0.111. The summed E-state index contributed by atoms with van der Waals surface area (Å²) >= 11 is 0. The Bertz CT molecular complexity index is 1420. The van der Waals surface area contributed by atoms with Crippen molar-refractivity contribution in [3.8, 4) is 16.9 Å². The fourth-order valence-electron chi connectivity index (χ4n) is 5.60. The zero-order chi connectivity index (χ0) is 26.6. The van der Waals surface area contributed by atoms with Gasteiger partial charge in [0.15, 0.2) is 5.65 Å². The third-order valence-corrected chi connectivity index (χ3v) is 7.51. The number of anilines is 3. The predicted octanol–water partition coefficient (Wildman–Crippen LogP) is 5.04. The van der Waals surface area contributed by atoms with Crippen molar-refractivity contribution in [3.05, 3.63) is 61.4 Å². The molecule has 6 rings (SSSR count). The number of pyridine rings is 1. The first-order valence-electron chi connectivity index (χ1n) is 13.8. The highest BCUT2D eigenvalue weighted by atomic mass is 16.5. The zero-order valence-electron chi connectivity index (χ0n) is 22.0. The number of piperidine rings is 1. The predicted molar refractivity (Wildman–Crippen MR) is 152 cm³/mol. The van der Waals surface area contributed by atoms with Gasteiger partial charge in [0, 0.05) is 48.6 Å². The molecule has 10 nitrogen and oxygen atoms in total. The third-order valence-electron chi connectivity index (χ3n) is 7.51. The highest BCUT2D eigenvalue weighted by Crippen LogP contribution is 2.33. The molecule has 4 heterocycles. The summed E-state index contributed by atoms with van der Waals surface area (Å²) in [6.45, 7) is 5.50. The molecular formula is C29H34N8O2. The number of aromatic nitrogens is 5. The zero-order valence-corrected chi connectivity index (χ0v) is 22.0. The fraction of sp³-hybridized carbons (Fsp3) is 0.379. The van der Waals surface area contributed by atoms with Gasteiger partial charge in [-0.25, -0.2) is 0 Å². The molecule has 1 aliphatic heterocycles. The van der Waals surface area contributed by atoms with Gasteiger partial charge < -0.3 is 20.3 Å². The van der Waals surface area contributed by atoms with Gasteiger partial charge in [0.25, 0.3) is 0 Å². The molecule has 10 heteroatoms. The molecule has 4 aromatic rings. The van der Waals surface area contributed by atoms with E-state index in [2.05, 4.69) is 38.4 Å². The van der Waals surface area contributed by atoms with Gasteiger partial charge in [-0.1, -0.05) is 6.58 Å². The molecule has 1 aliphatic carbocycles.